The number of rotatable bonds is 14. The minimum absolute atomic E-state index is 0. The molecule has 0 amide bonds. The zero-order valence-electron chi connectivity index (χ0n) is 12.3. The van der Waals surface area contributed by atoms with Crippen LogP contribution in [0.25, 0.3) is 0 Å². The molecule has 0 saturated heterocycles. The molecule has 0 rings (SSSR count). The number of carboxylic acids is 1. The van der Waals surface area contributed by atoms with E-state index < -0.39 is 5.97 Å². The van der Waals surface area contributed by atoms with E-state index in [2.05, 4.69) is 6.92 Å². The molecule has 2 nitrogen and oxygen atoms in total. The molecule has 0 aliphatic rings. The summed E-state index contributed by atoms with van der Waals surface area (Å²) in [6, 6.07) is 0. The monoisotopic (exact) mass is 320 g/mol. The maximum absolute atomic E-state index is 10.3. The predicted molar refractivity (Wildman–Crippen MR) is 92.2 cm³/mol. The molecule has 0 radical (unpaired) electrons. The van der Waals surface area contributed by atoms with Gasteiger partial charge in [-0.05, 0) is 6.42 Å². The molecule has 0 atom stereocenters. The number of unbranched alkanes of at least 4 members (excludes halogenated alkanes) is 12. The van der Waals surface area contributed by atoms with E-state index in [-0.39, 0.29) is 80.9 Å². The quantitative estimate of drug-likeness (QED) is 0.384. The third-order valence-corrected chi connectivity index (χ3v) is 3.49. The summed E-state index contributed by atoms with van der Waals surface area (Å²) in [5.41, 5.74) is 0. The molecule has 4 heteroatoms. The average molecular weight is 321 g/mol. The van der Waals surface area contributed by atoms with E-state index in [1.54, 1.807) is 0 Å². The van der Waals surface area contributed by atoms with E-state index >= 15 is 0 Å². The fourth-order valence-corrected chi connectivity index (χ4v) is 2.29. The first-order valence-corrected chi connectivity index (χ1v) is 7.99. The molecule has 0 unspecified atom stereocenters. The first-order chi connectivity index (χ1) is 8.77. The van der Waals surface area contributed by atoms with E-state index in [0.717, 1.165) is 12.8 Å². The van der Waals surface area contributed by atoms with Gasteiger partial charge in [0.15, 0.2) is 0 Å². The van der Waals surface area contributed by atoms with Crippen LogP contribution in [0.2, 0.25) is 0 Å². The van der Waals surface area contributed by atoms with Crippen molar-refractivity contribution in [2.24, 2.45) is 0 Å². The van der Waals surface area contributed by atoms with Gasteiger partial charge in [0, 0.05) is 6.42 Å². The molecular formula is C16H34KNaO2. The molecule has 0 aliphatic carbocycles. The molecule has 0 aliphatic heterocycles. The third-order valence-electron chi connectivity index (χ3n) is 3.49. The van der Waals surface area contributed by atoms with E-state index in [1.165, 1.54) is 70.6 Å². The topological polar surface area (TPSA) is 37.3 Å². The van der Waals surface area contributed by atoms with Crippen molar-refractivity contribution in [2.45, 2.75) is 96.8 Å². The molecule has 1 N–H and O–H groups in total. The summed E-state index contributed by atoms with van der Waals surface area (Å²) in [5.74, 6) is -0.655. The summed E-state index contributed by atoms with van der Waals surface area (Å²) in [5, 5.41) is 8.49. The van der Waals surface area contributed by atoms with E-state index in [4.69, 9.17) is 5.11 Å². The van der Waals surface area contributed by atoms with Crippen molar-refractivity contribution in [3.05, 3.63) is 0 Å². The fourth-order valence-electron chi connectivity index (χ4n) is 2.29. The molecule has 0 aromatic heterocycles. The van der Waals surface area contributed by atoms with Gasteiger partial charge in [0.2, 0.25) is 0 Å². The second-order valence-corrected chi connectivity index (χ2v) is 5.39. The Bertz CT molecular complexity index is 189. The van der Waals surface area contributed by atoms with Gasteiger partial charge in [-0.1, -0.05) is 84.0 Å². The molecule has 0 spiro atoms. The van der Waals surface area contributed by atoms with Gasteiger partial charge in [0.05, 0.1) is 0 Å². The molecule has 0 aromatic rings. The Morgan fingerprint density at radius 2 is 1.00 bits per heavy atom. The predicted octanol–water partition coefficient (Wildman–Crippen LogP) is 4.26. The molecule has 0 bridgehead atoms. The van der Waals surface area contributed by atoms with Crippen LogP contribution in [0.4, 0.5) is 0 Å². The summed E-state index contributed by atoms with van der Waals surface area (Å²) in [7, 11) is 0. The van der Waals surface area contributed by atoms with Gasteiger partial charge >= 0.3 is 86.9 Å². The van der Waals surface area contributed by atoms with Crippen LogP contribution in [-0.2, 0) is 4.79 Å². The first-order valence-electron chi connectivity index (χ1n) is 7.99. The van der Waals surface area contributed by atoms with Crippen LogP contribution in [0.3, 0.4) is 0 Å². The summed E-state index contributed by atoms with van der Waals surface area (Å²) in [6.07, 6.45) is 17.3. The van der Waals surface area contributed by atoms with Crippen LogP contribution in [-0.4, -0.2) is 92.0 Å². The van der Waals surface area contributed by atoms with Crippen molar-refractivity contribution in [3.8, 4) is 0 Å². The summed E-state index contributed by atoms with van der Waals surface area (Å²) < 4.78 is 0. The Hall–Kier alpha value is 2.11. The summed E-state index contributed by atoms with van der Waals surface area (Å²) in [4.78, 5) is 10.3. The van der Waals surface area contributed by atoms with Crippen molar-refractivity contribution in [3.63, 3.8) is 0 Å². The van der Waals surface area contributed by atoms with Gasteiger partial charge in [-0.2, -0.15) is 0 Å². The van der Waals surface area contributed by atoms with Crippen molar-refractivity contribution in [1.29, 1.82) is 0 Å². The second kappa shape index (κ2) is 23.4. The Labute approximate surface area is 191 Å². The van der Waals surface area contributed by atoms with Crippen LogP contribution in [0, 0.1) is 0 Å². The van der Waals surface area contributed by atoms with Gasteiger partial charge in [0.25, 0.3) is 0 Å². The number of carboxylic acid groups (broad SMARTS) is 1. The van der Waals surface area contributed by atoms with Crippen LogP contribution in [0.5, 0.6) is 0 Å². The number of hydrogen-bond acceptors (Lipinski definition) is 1. The molecule has 0 heterocycles. The SMILES string of the molecule is CCCCCCCCCCCCCCCC(=O)O.[KH].[NaH]. The normalized spacial score (nSPS) is 9.65. The fraction of sp³-hybridized carbons (Fsp3) is 0.938. The van der Waals surface area contributed by atoms with E-state index in [0.29, 0.717) is 6.42 Å². The van der Waals surface area contributed by atoms with Crippen LogP contribution in [0.15, 0.2) is 0 Å². The summed E-state index contributed by atoms with van der Waals surface area (Å²) >= 11 is 0. The van der Waals surface area contributed by atoms with Gasteiger partial charge in [0.1, 0.15) is 0 Å². The molecule has 20 heavy (non-hydrogen) atoms. The zero-order valence-corrected chi connectivity index (χ0v) is 12.3. The van der Waals surface area contributed by atoms with Gasteiger partial charge < -0.3 is 5.11 Å². The number of carbonyl (C=O) groups is 1. The standard InChI is InChI=1S/C16H32O2.K.Na.2H/c1-2-3-4-5-6-7-8-9-10-11-12-13-14-15-16(17)18;;;;/h2-15H2,1H3,(H,17,18);;;;. The Kier molecular flexibility index (Phi) is 31.5. The van der Waals surface area contributed by atoms with E-state index in [1.807, 2.05) is 0 Å². The first kappa shape index (κ1) is 27.0. The third kappa shape index (κ3) is 25.1. The van der Waals surface area contributed by atoms with Crippen molar-refractivity contribution < 1.29 is 9.90 Å². The van der Waals surface area contributed by atoms with Gasteiger partial charge in [-0.3, -0.25) is 4.79 Å². The van der Waals surface area contributed by atoms with Crippen molar-refractivity contribution >= 4 is 86.9 Å². The summed E-state index contributed by atoms with van der Waals surface area (Å²) in [6.45, 7) is 2.26. The molecular weight excluding hydrogens is 286 g/mol. The molecule has 0 aromatic carbocycles. The number of aliphatic carboxylic acids is 1. The average Bonchev–Trinajstić information content (AvgIpc) is 2.34. The van der Waals surface area contributed by atoms with Crippen molar-refractivity contribution in [1.82, 2.24) is 0 Å². The van der Waals surface area contributed by atoms with E-state index in [9.17, 15) is 4.79 Å². The molecule has 0 fully saturated rings. The maximum atomic E-state index is 10.3. The molecule has 0 saturated carbocycles. The van der Waals surface area contributed by atoms with Crippen molar-refractivity contribution in [2.75, 3.05) is 0 Å². The zero-order chi connectivity index (χ0) is 13.5. The van der Waals surface area contributed by atoms with Crippen LogP contribution >= 0.6 is 0 Å². The second-order valence-electron chi connectivity index (χ2n) is 5.39. The number of hydrogen-bond donors (Lipinski definition) is 1. The minimum atomic E-state index is -0.655. The Morgan fingerprint density at radius 1 is 0.700 bits per heavy atom. The van der Waals surface area contributed by atoms with Gasteiger partial charge in [-0.25, -0.2) is 0 Å². The van der Waals surface area contributed by atoms with Crippen LogP contribution < -0.4 is 0 Å². The van der Waals surface area contributed by atoms with Crippen LogP contribution in [0.1, 0.15) is 96.8 Å². The Morgan fingerprint density at radius 3 is 1.30 bits per heavy atom. The molecule has 112 valence electrons. The van der Waals surface area contributed by atoms with Gasteiger partial charge in [-0.15, -0.1) is 0 Å². The Balaban J connectivity index is -0.00000144.